The van der Waals surface area contributed by atoms with Crippen LogP contribution in [0.2, 0.25) is 0 Å². The van der Waals surface area contributed by atoms with Gasteiger partial charge in [-0.05, 0) is 23.8 Å². The number of alkyl halides is 6. The number of fused-ring (bicyclic) bond motifs is 1. The molecule has 0 atom stereocenters. The number of hydrogen-bond acceptors (Lipinski definition) is 1. The number of hydrogen-bond donors (Lipinski definition) is 1. The van der Waals surface area contributed by atoms with Gasteiger partial charge in [-0.2, -0.15) is 26.3 Å². The Hall–Kier alpha value is -2.51. The van der Waals surface area contributed by atoms with Crippen molar-refractivity contribution in [2.45, 2.75) is 12.4 Å². The van der Waals surface area contributed by atoms with Crippen LogP contribution in [0.15, 0.2) is 42.5 Å². The second kappa shape index (κ2) is 5.00. The van der Waals surface area contributed by atoms with E-state index in [-0.39, 0.29) is 22.2 Å². The minimum absolute atomic E-state index is 0.0286. The number of nitrogens with zero attached hydrogens (tertiary/aromatic N) is 1. The van der Waals surface area contributed by atoms with E-state index in [0.717, 1.165) is 12.1 Å². The Labute approximate surface area is 125 Å². The summed E-state index contributed by atoms with van der Waals surface area (Å²) >= 11 is 0. The van der Waals surface area contributed by atoms with Crippen LogP contribution in [0.3, 0.4) is 0 Å². The molecule has 23 heavy (non-hydrogen) atoms. The molecule has 0 saturated heterocycles. The van der Waals surface area contributed by atoms with Crippen LogP contribution in [0.5, 0.6) is 0 Å². The minimum Gasteiger partial charge on any atom is -0.334 e. The highest BCUT2D eigenvalue weighted by Crippen LogP contribution is 2.35. The molecule has 0 aliphatic heterocycles. The second-order valence-electron chi connectivity index (χ2n) is 4.86. The van der Waals surface area contributed by atoms with Crippen LogP contribution in [0.4, 0.5) is 26.3 Å². The van der Waals surface area contributed by atoms with E-state index in [9.17, 15) is 26.3 Å². The molecule has 0 aliphatic carbocycles. The lowest BCUT2D eigenvalue weighted by Crippen LogP contribution is -2.06. The zero-order valence-electron chi connectivity index (χ0n) is 11.3. The number of H-pyrrole nitrogens is 1. The van der Waals surface area contributed by atoms with Crippen molar-refractivity contribution >= 4 is 11.0 Å². The minimum atomic E-state index is -4.66. The second-order valence-corrected chi connectivity index (χ2v) is 4.86. The predicted molar refractivity (Wildman–Crippen MR) is 71.5 cm³/mol. The molecule has 0 radical (unpaired) electrons. The van der Waals surface area contributed by atoms with Crippen molar-refractivity contribution in [3.63, 3.8) is 0 Å². The molecule has 120 valence electrons. The highest BCUT2D eigenvalue weighted by atomic mass is 19.4. The summed E-state index contributed by atoms with van der Waals surface area (Å²) in [4.78, 5) is 5.62. The summed E-state index contributed by atoms with van der Waals surface area (Å²) in [7, 11) is 0. The summed E-state index contributed by atoms with van der Waals surface area (Å²) in [5.74, 6) is -1.19. The van der Waals surface area contributed by atoms with Gasteiger partial charge < -0.3 is 4.98 Å². The molecule has 0 spiro atoms. The first-order chi connectivity index (χ1) is 10.7. The third-order valence-corrected chi connectivity index (χ3v) is 3.28. The molecule has 2 nitrogen and oxygen atoms in total. The van der Waals surface area contributed by atoms with E-state index in [4.69, 9.17) is 0 Å². The molecule has 0 bridgehead atoms. The number of rotatable bonds is 1. The maximum atomic E-state index is 12.8. The zero-order chi connectivity index (χ0) is 16.8. The van der Waals surface area contributed by atoms with Crippen LogP contribution in [0.25, 0.3) is 22.2 Å². The molecule has 8 heteroatoms. The van der Waals surface area contributed by atoms with Crippen molar-refractivity contribution in [2.24, 2.45) is 0 Å². The lowest BCUT2D eigenvalue weighted by Gasteiger charge is -2.09. The topological polar surface area (TPSA) is 28.7 Å². The third kappa shape index (κ3) is 2.88. The van der Waals surface area contributed by atoms with Crippen molar-refractivity contribution in [1.29, 1.82) is 0 Å². The highest BCUT2D eigenvalue weighted by Gasteiger charge is 2.35. The van der Waals surface area contributed by atoms with E-state index < -0.39 is 23.7 Å². The molecule has 0 saturated carbocycles. The largest absolute Gasteiger partial charge is 0.449 e. The maximum Gasteiger partial charge on any atom is 0.449 e. The number of benzene rings is 2. The Bertz CT molecular complexity index is 860. The first-order valence-electron chi connectivity index (χ1n) is 6.40. The number of aromatic nitrogens is 2. The number of para-hydroxylation sites is 1. The molecule has 0 unspecified atom stereocenters. The number of halogens is 6. The van der Waals surface area contributed by atoms with Gasteiger partial charge in [-0.3, -0.25) is 0 Å². The smallest absolute Gasteiger partial charge is 0.334 e. The number of nitrogens with one attached hydrogen (secondary N) is 1. The number of aromatic amines is 1. The molecule has 3 aromatic rings. The predicted octanol–water partition coefficient (Wildman–Crippen LogP) is 5.27. The normalized spacial score (nSPS) is 12.8. The van der Waals surface area contributed by atoms with E-state index in [1.807, 2.05) is 0 Å². The van der Waals surface area contributed by atoms with Crippen molar-refractivity contribution in [1.82, 2.24) is 9.97 Å². The van der Waals surface area contributed by atoms with Crippen molar-refractivity contribution in [2.75, 3.05) is 0 Å². The van der Waals surface area contributed by atoms with Crippen molar-refractivity contribution in [3.05, 3.63) is 53.9 Å². The molecule has 0 fully saturated rings. The van der Waals surface area contributed by atoms with Gasteiger partial charge in [0.25, 0.3) is 0 Å². The quantitative estimate of drug-likeness (QED) is 0.605. The van der Waals surface area contributed by atoms with Crippen LogP contribution in [0.1, 0.15) is 11.4 Å². The Morgan fingerprint density at radius 1 is 0.826 bits per heavy atom. The standard InChI is InChI=1S/C15H8F6N2/c16-14(17,18)9-4-1-3-8(7-9)10-5-2-6-11-12(10)23-13(22-11)15(19,20)21/h1-7H,(H,22,23). The summed E-state index contributed by atoms with van der Waals surface area (Å²) in [6, 6.07) is 8.65. The van der Waals surface area contributed by atoms with Gasteiger partial charge in [0, 0.05) is 5.56 Å². The van der Waals surface area contributed by atoms with E-state index in [0.29, 0.717) is 0 Å². The van der Waals surface area contributed by atoms with Crippen LogP contribution in [-0.2, 0) is 12.4 Å². The molecule has 1 heterocycles. The van der Waals surface area contributed by atoms with E-state index >= 15 is 0 Å². The van der Waals surface area contributed by atoms with Crippen LogP contribution in [0, 0.1) is 0 Å². The molecule has 2 aromatic carbocycles. The number of imidazole rings is 1. The Kier molecular flexibility index (Phi) is 3.35. The summed E-state index contributed by atoms with van der Waals surface area (Å²) in [5.41, 5.74) is -0.462. The zero-order valence-corrected chi connectivity index (χ0v) is 11.3. The molecular weight excluding hydrogens is 322 g/mol. The highest BCUT2D eigenvalue weighted by molar-refractivity contribution is 5.92. The maximum absolute atomic E-state index is 12.8. The fourth-order valence-corrected chi connectivity index (χ4v) is 2.26. The van der Waals surface area contributed by atoms with Crippen molar-refractivity contribution in [3.8, 4) is 11.1 Å². The van der Waals surface area contributed by atoms with Gasteiger partial charge in [0.2, 0.25) is 5.82 Å². The van der Waals surface area contributed by atoms with E-state index in [2.05, 4.69) is 9.97 Å². The Morgan fingerprint density at radius 3 is 2.17 bits per heavy atom. The van der Waals surface area contributed by atoms with Gasteiger partial charge in [-0.1, -0.05) is 24.3 Å². The van der Waals surface area contributed by atoms with Gasteiger partial charge in [0.15, 0.2) is 0 Å². The molecule has 0 amide bonds. The lowest BCUT2D eigenvalue weighted by atomic mass is 10.0. The van der Waals surface area contributed by atoms with Gasteiger partial charge in [-0.25, -0.2) is 4.98 Å². The van der Waals surface area contributed by atoms with Gasteiger partial charge in [-0.15, -0.1) is 0 Å². The van der Waals surface area contributed by atoms with Gasteiger partial charge in [0.1, 0.15) is 0 Å². The van der Waals surface area contributed by atoms with E-state index in [1.54, 1.807) is 0 Å². The Morgan fingerprint density at radius 2 is 1.52 bits per heavy atom. The molecule has 1 N–H and O–H groups in total. The lowest BCUT2D eigenvalue weighted by molar-refractivity contribution is -0.144. The summed E-state index contributed by atoms with van der Waals surface area (Å²) in [6.45, 7) is 0. The molecule has 1 aromatic heterocycles. The van der Waals surface area contributed by atoms with Gasteiger partial charge >= 0.3 is 12.4 Å². The first kappa shape index (κ1) is 15.4. The first-order valence-corrected chi connectivity index (χ1v) is 6.40. The monoisotopic (exact) mass is 330 g/mol. The van der Waals surface area contributed by atoms with E-state index in [1.165, 1.54) is 30.3 Å². The van der Waals surface area contributed by atoms with Crippen LogP contribution < -0.4 is 0 Å². The summed E-state index contributed by atoms with van der Waals surface area (Å²) in [5, 5.41) is 0. The molecular formula is C15H8F6N2. The summed E-state index contributed by atoms with van der Waals surface area (Å²) in [6.07, 6.45) is -9.20. The average Bonchev–Trinajstić information content (AvgIpc) is 2.90. The fourth-order valence-electron chi connectivity index (χ4n) is 2.26. The van der Waals surface area contributed by atoms with Crippen LogP contribution >= 0.6 is 0 Å². The molecule has 0 aliphatic rings. The third-order valence-electron chi connectivity index (χ3n) is 3.28. The van der Waals surface area contributed by atoms with Gasteiger partial charge in [0.05, 0.1) is 16.6 Å². The Balaban J connectivity index is 2.19. The molecule has 3 rings (SSSR count). The van der Waals surface area contributed by atoms with Crippen LogP contribution in [-0.4, -0.2) is 9.97 Å². The van der Waals surface area contributed by atoms with Crippen molar-refractivity contribution < 1.29 is 26.3 Å². The fraction of sp³-hybridized carbons (Fsp3) is 0.133. The SMILES string of the molecule is FC(F)(F)c1cccc(-c2cccc3[nH]c(C(F)(F)F)nc23)c1. The summed E-state index contributed by atoms with van der Waals surface area (Å²) < 4.78 is 76.6. The average molecular weight is 330 g/mol.